The molecule has 1 fully saturated rings. The number of aryl methyl sites for hydroxylation is 1. The zero-order valence-corrected chi connectivity index (χ0v) is 18.0. The van der Waals surface area contributed by atoms with Gasteiger partial charge >= 0.3 is 0 Å². The monoisotopic (exact) mass is 420 g/mol. The number of aromatic nitrogens is 3. The highest BCUT2D eigenvalue weighted by Crippen LogP contribution is 2.32. The summed E-state index contributed by atoms with van der Waals surface area (Å²) in [6.45, 7) is 7.65. The van der Waals surface area contributed by atoms with Crippen molar-refractivity contribution in [3.63, 3.8) is 0 Å². The van der Waals surface area contributed by atoms with Crippen molar-refractivity contribution in [1.82, 2.24) is 20.3 Å². The van der Waals surface area contributed by atoms with E-state index in [4.69, 9.17) is 14.2 Å². The maximum Gasteiger partial charge on any atom is 0.223 e. The second-order valence-corrected chi connectivity index (χ2v) is 8.41. The van der Waals surface area contributed by atoms with Crippen LogP contribution < -0.4 is 14.8 Å². The molecule has 3 rings (SSSR count). The van der Waals surface area contributed by atoms with E-state index in [1.165, 1.54) is 13.3 Å². The number of nitrogens with one attached hydrogen (secondary N) is 1. The smallest absolute Gasteiger partial charge is 0.223 e. The highest BCUT2D eigenvalue weighted by atomic mass is 32.1. The van der Waals surface area contributed by atoms with Crippen LogP contribution in [0.2, 0.25) is 0 Å². The average molecular weight is 421 g/mol. The van der Waals surface area contributed by atoms with E-state index >= 15 is 0 Å². The Morgan fingerprint density at radius 2 is 2.00 bits per heavy atom. The van der Waals surface area contributed by atoms with Crippen molar-refractivity contribution < 1.29 is 19.0 Å². The van der Waals surface area contributed by atoms with E-state index in [1.54, 1.807) is 11.3 Å². The van der Waals surface area contributed by atoms with Crippen molar-refractivity contribution in [3.05, 3.63) is 28.0 Å². The molecular formula is C20H28N4O4S. The van der Waals surface area contributed by atoms with E-state index in [1.807, 2.05) is 20.0 Å². The van der Waals surface area contributed by atoms with E-state index < -0.39 is 0 Å². The van der Waals surface area contributed by atoms with Gasteiger partial charge in [-0.15, -0.1) is 11.3 Å². The van der Waals surface area contributed by atoms with Crippen molar-refractivity contribution >= 4 is 17.2 Å². The van der Waals surface area contributed by atoms with Crippen molar-refractivity contribution in [3.8, 4) is 11.8 Å². The number of ether oxygens (including phenoxy) is 3. The van der Waals surface area contributed by atoms with Crippen LogP contribution in [0.5, 0.6) is 11.8 Å². The molecule has 2 heterocycles. The number of rotatable bonds is 11. The van der Waals surface area contributed by atoms with Gasteiger partial charge in [0, 0.05) is 24.5 Å². The minimum absolute atomic E-state index is 0.0322. The molecule has 2 aromatic heterocycles. The normalized spacial score (nSPS) is 18.2. The maximum atomic E-state index is 10.8. The van der Waals surface area contributed by atoms with Crippen molar-refractivity contribution in [1.29, 1.82) is 0 Å². The Morgan fingerprint density at radius 1 is 1.24 bits per heavy atom. The van der Waals surface area contributed by atoms with Crippen LogP contribution in [0.25, 0.3) is 0 Å². The molecule has 29 heavy (non-hydrogen) atoms. The molecule has 0 saturated heterocycles. The molecule has 9 heteroatoms. The fourth-order valence-corrected chi connectivity index (χ4v) is 3.83. The molecule has 0 aromatic carbocycles. The minimum atomic E-state index is -0.0322. The summed E-state index contributed by atoms with van der Waals surface area (Å²) in [6, 6.07) is 0. The minimum Gasteiger partial charge on any atom is -0.477 e. The van der Waals surface area contributed by atoms with E-state index in [9.17, 15) is 4.79 Å². The lowest BCUT2D eigenvalue weighted by molar-refractivity contribution is -0.119. The molecule has 0 unspecified atom stereocenters. The van der Waals surface area contributed by atoms with E-state index in [2.05, 4.69) is 20.3 Å². The molecule has 1 N–H and O–H groups in total. The van der Waals surface area contributed by atoms with Gasteiger partial charge in [0.1, 0.15) is 17.9 Å². The predicted octanol–water partition coefficient (Wildman–Crippen LogP) is 2.69. The van der Waals surface area contributed by atoms with Gasteiger partial charge in [0.25, 0.3) is 0 Å². The third-order valence-corrected chi connectivity index (χ3v) is 5.59. The summed E-state index contributed by atoms with van der Waals surface area (Å²) < 4.78 is 17.6. The largest absolute Gasteiger partial charge is 0.477 e. The Bertz CT molecular complexity index is 808. The van der Waals surface area contributed by atoms with Crippen molar-refractivity contribution in [2.24, 2.45) is 5.92 Å². The van der Waals surface area contributed by atoms with E-state index in [0.29, 0.717) is 44.0 Å². The van der Waals surface area contributed by atoms with Gasteiger partial charge < -0.3 is 19.5 Å². The Balaban J connectivity index is 1.43. The number of carbonyl (C=O) groups excluding carboxylic acids is 1. The SMILES string of the molecule is CCc1c(OCc2ncc(C)s2)ncnc1OCC1CC(OCCNC(C)=O)C1. The third-order valence-electron chi connectivity index (χ3n) is 4.70. The Labute approximate surface area is 175 Å². The van der Waals surface area contributed by atoms with Gasteiger partial charge in [0.15, 0.2) is 0 Å². The highest BCUT2D eigenvalue weighted by Gasteiger charge is 2.30. The van der Waals surface area contributed by atoms with Crippen molar-refractivity contribution in [2.75, 3.05) is 19.8 Å². The first-order valence-corrected chi connectivity index (χ1v) is 10.7. The van der Waals surface area contributed by atoms with Gasteiger partial charge in [-0.1, -0.05) is 6.92 Å². The molecule has 0 atom stereocenters. The average Bonchev–Trinajstić information content (AvgIpc) is 3.09. The fraction of sp³-hybridized carbons (Fsp3) is 0.600. The zero-order chi connectivity index (χ0) is 20.6. The Morgan fingerprint density at radius 3 is 2.66 bits per heavy atom. The standard InChI is InChI=1S/C20H28N4O4S/c1-4-17-19(23-12-24-20(17)28-11-18-22-9-13(2)29-18)27-10-15-7-16(8-15)26-6-5-21-14(3)25/h9,12,15-16H,4-8,10-11H2,1-3H3,(H,21,25). The molecular weight excluding hydrogens is 392 g/mol. The lowest BCUT2D eigenvalue weighted by Crippen LogP contribution is -2.37. The molecule has 0 spiro atoms. The molecule has 0 radical (unpaired) electrons. The summed E-state index contributed by atoms with van der Waals surface area (Å²) >= 11 is 1.61. The van der Waals surface area contributed by atoms with Gasteiger partial charge in [-0.05, 0) is 32.1 Å². The first-order valence-electron chi connectivity index (χ1n) is 9.92. The van der Waals surface area contributed by atoms with Crippen LogP contribution in [0.15, 0.2) is 12.5 Å². The van der Waals surface area contributed by atoms with Gasteiger partial charge in [0.2, 0.25) is 17.7 Å². The molecule has 0 bridgehead atoms. The third kappa shape index (κ3) is 6.37. The summed E-state index contributed by atoms with van der Waals surface area (Å²) in [5.74, 6) is 1.55. The molecule has 1 amide bonds. The summed E-state index contributed by atoms with van der Waals surface area (Å²) in [6.07, 6.45) is 6.20. The van der Waals surface area contributed by atoms with Gasteiger partial charge in [-0.3, -0.25) is 4.79 Å². The zero-order valence-electron chi connectivity index (χ0n) is 17.1. The van der Waals surface area contributed by atoms with Crippen molar-refractivity contribution in [2.45, 2.75) is 52.7 Å². The maximum absolute atomic E-state index is 10.8. The first-order chi connectivity index (χ1) is 14.0. The molecule has 1 saturated carbocycles. The van der Waals surface area contributed by atoms with E-state index in [0.717, 1.165) is 34.7 Å². The number of nitrogens with zero attached hydrogens (tertiary/aromatic N) is 3. The predicted molar refractivity (Wildman–Crippen MR) is 109 cm³/mol. The molecule has 1 aliphatic rings. The molecule has 1 aliphatic carbocycles. The van der Waals surface area contributed by atoms with Gasteiger partial charge in [-0.2, -0.15) is 0 Å². The van der Waals surface area contributed by atoms with E-state index in [-0.39, 0.29) is 12.0 Å². The summed E-state index contributed by atoms with van der Waals surface area (Å²) in [5, 5.41) is 3.65. The number of hydrogen-bond acceptors (Lipinski definition) is 8. The topological polar surface area (TPSA) is 95.5 Å². The highest BCUT2D eigenvalue weighted by molar-refractivity contribution is 7.11. The van der Waals surface area contributed by atoms with Crippen LogP contribution in [-0.2, 0) is 22.6 Å². The lowest BCUT2D eigenvalue weighted by Gasteiger charge is -2.34. The fourth-order valence-electron chi connectivity index (χ4n) is 3.13. The number of thiazole rings is 1. The van der Waals surface area contributed by atoms with Gasteiger partial charge in [0.05, 0.1) is 24.9 Å². The quantitative estimate of drug-likeness (QED) is 0.558. The molecule has 158 valence electrons. The Kier molecular flexibility index (Phi) is 7.76. The van der Waals surface area contributed by atoms with Crippen LogP contribution in [-0.4, -0.2) is 46.7 Å². The van der Waals surface area contributed by atoms with Crippen LogP contribution in [0.1, 0.15) is 42.1 Å². The second-order valence-electron chi connectivity index (χ2n) is 7.09. The molecule has 2 aromatic rings. The second kappa shape index (κ2) is 10.5. The van der Waals surface area contributed by atoms with Crippen LogP contribution in [0, 0.1) is 12.8 Å². The van der Waals surface area contributed by atoms with Crippen LogP contribution in [0.3, 0.4) is 0 Å². The summed E-state index contributed by atoms with van der Waals surface area (Å²) in [7, 11) is 0. The summed E-state index contributed by atoms with van der Waals surface area (Å²) in [4.78, 5) is 24.9. The lowest BCUT2D eigenvalue weighted by atomic mass is 9.83. The molecule has 0 aliphatic heterocycles. The number of carbonyl (C=O) groups is 1. The Hall–Kier alpha value is -2.26. The number of hydrogen-bond donors (Lipinski definition) is 1. The number of amides is 1. The first kappa shape index (κ1) is 21.4. The van der Waals surface area contributed by atoms with Gasteiger partial charge in [-0.25, -0.2) is 15.0 Å². The van der Waals surface area contributed by atoms with Crippen LogP contribution in [0.4, 0.5) is 0 Å². The van der Waals surface area contributed by atoms with Crippen LogP contribution >= 0.6 is 11.3 Å². The molecule has 8 nitrogen and oxygen atoms in total. The summed E-state index contributed by atoms with van der Waals surface area (Å²) in [5.41, 5.74) is 0.878.